The lowest BCUT2D eigenvalue weighted by molar-refractivity contribution is -0.144. The average molecular weight is 222 g/mol. The Morgan fingerprint density at radius 1 is 1.43 bits per heavy atom. The van der Waals surface area contributed by atoms with Gasteiger partial charge in [-0.2, -0.15) is 0 Å². The summed E-state index contributed by atoms with van der Waals surface area (Å²) in [6.07, 6.45) is 1.98. The zero-order valence-corrected chi connectivity index (χ0v) is 9.51. The molecule has 0 aliphatic heterocycles. The predicted molar refractivity (Wildman–Crippen MR) is 55.3 cm³/mol. The standard InChI is InChI=1S/C9H18O4S/c1-3-8(4-2)7-13-9(10)5-6-14(11)12/h8H,3-7H2,1-2H3,(H,11,12). The Labute approximate surface area is 87.3 Å². The summed E-state index contributed by atoms with van der Waals surface area (Å²) in [5.41, 5.74) is 0. The van der Waals surface area contributed by atoms with Crippen molar-refractivity contribution in [2.75, 3.05) is 12.4 Å². The van der Waals surface area contributed by atoms with Crippen molar-refractivity contribution >= 4 is 17.0 Å². The Morgan fingerprint density at radius 3 is 2.43 bits per heavy atom. The molecule has 0 spiro atoms. The predicted octanol–water partition coefficient (Wildman–Crippen LogP) is 1.58. The zero-order valence-electron chi connectivity index (χ0n) is 8.69. The maximum atomic E-state index is 11.0. The molecule has 4 nitrogen and oxygen atoms in total. The molecular weight excluding hydrogens is 204 g/mol. The lowest BCUT2D eigenvalue weighted by Gasteiger charge is -2.11. The molecule has 0 aromatic rings. The first-order chi connectivity index (χ1) is 6.60. The first kappa shape index (κ1) is 13.6. The van der Waals surface area contributed by atoms with Crippen LogP contribution in [0.5, 0.6) is 0 Å². The van der Waals surface area contributed by atoms with Gasteiger partial charge in [-0.15, -0.1) is 0 Å². The third-order valence-corrected chi connectivity index (χ3v) is 2.67. The number of ether oxygens (including phenoxy) is 1. The van der Waals surface area contributed by atoms with Crippen molar-refractivity contribution in [2.24, 2.45) is 5.92 Å². The van der Waals surface area contributed by atoms with Crippen LogP contribution in [0.4, 0.5) is 0 Å². The van der Waals surface area contributed by atoms with E-state index in [1.165, 1.54) is 0 Å². The highest BCUT2D eigenvalue weighted by Gasteiger charge is 2.09. The van der Waals surface area contributed by atoms with Gasteiger partial charge in [-0.25, -0.2) is 4.21 Å². The molecule has 5 heteroatoms. The number of rotatable bonds is 7. The third-order valence-electron chi connectivity index (χ3n) is 2.12. The monoisotopic (exact) mass is 222 g/mol. The molecule has 0 radical (unpaired) electrons. The molecule has 1 N–H and O–H groups in total. The molecule has 0 fully saturated rings. The van der Waals surface area contributed by atoms with E-state index in [4.69, 9.17) is 9.29 Å². The number of esters is 1. The maximum Gasteiger partial charge on any atom is 0.306 e. The van der Waals surface area contributed by atoms with Gasteiger partial charge in [0.15, 0.2) is 11.1 Å². The molecule has 0 aliphatic carbocycles. The minimum atomic E-state index is -1.90. The topological polar surface area (TPSA) is 63.6 Å². The molecule has 84 valence electrons. The fourth-order valence-corrected chi connectivity index (χ4v) is 1.32. The van der Waals surface area contributed by atoms with Gasteiger partial charge in [-0.05, 0) is 5.92 Å². The van der Waals surface area contributed by atoms with Gasteiger partial charge in [-0.3, -0.25) is 4.79 Å². The van der Waals surface area contributed by atoms with Crippen molar-refractivity contribution in [3.63, 3.8) is 0 Å². The van der Waals surface area contributed by atoms with Crippen LogP contribution in [0.1, 0.15) is 33.1 Å². The lowest BCUT2D eigenvalue weighted by atomic mass is 10.1. The van der Waals surface area contributed by atoms with E-state index in [2.05, 4.69) is 0 Å². The molecular formula is C9H18O4S. The van der Waals surface area contributed by atoms with Crippen LogP contribution in [-0.2, 0) is 20.6 Å². The summed E-state index contributed by atoms with van der Waals surface area (Å²) in [5.74, 6) is -0.0280. The minimum Gasteiger partial charge on any atom is -0.465 e. The molecule has 0 saturated heterocycles. The van der Waals surface area contributed by atoms with Crippen LogP contribution in [0.15, 0.2) is 0 Å². The number of carbonyl (C=O) groups is 1. The summed E-state index contributed by atoms with van der Waals surface area (Å²) in [4.78, 5) is 11.0. The van der Waals surface area contributed by atoms with Gasteiger partial charge < -0.3 is 9.29 Å². The SMILES string of the molecule is CCC(CC)COC(=O)CCS(=O)O. The smallest absolute Gasteiger partial charge is 0.306 e. The summed E-state index contributed by atoms with van der Waals surface area (Å²) in [5, 5.41) is 0. The Morgan fingerprint density at radius 2 is 2.00 bits per heavy atom. The van der Waals surface area contributed by atoms with Crippen molar-refractivity contribution in [1.82, 2.24) is 0 Å². The van der Waals surface area contributed by atoms with Crippen LogP contribution >= 0.6 is 0 Å². The second kappa shape index (κ2) is 7.94. The third kappa shape index (κ3) is 7.03. The summed E-state index contributed by atoms with van der Waals surface area (Å²) in [6.45, 7) is 4.51. The molecule has 1 atom stereocenters. The van der Waals surface area contributed by atoms with Crippen molar-refractivity contribution in [2.45, 2.75) is 33.1 Å². The molecule has 0 bridgehead atoms. The van der Waals surface area contributed by atoms with Crippen LogP contribution in [0.3, 0.4) is 0 Å². The first-order valence-electron chi connectivity index (χ1n) is 4.83. The lowest BCUT2D eigenvalue weighted by Crippen LogP contribution is -2.14. The second-order valence-electron chi connectivity index (χ2n) is 3.14. The highest BCUT2D eigenvalue weighted by atomic mass is 32.2. The molecule has 1 unspecified atom stereocenters. The summed E-state index contributed by atoms with van der Waals surface area (Å²) in [6, 6.07) is 0. The molecule has 0 aromatic carbocycles. The van der Waals surface area contributed by atoms with Crippen molar-refractivity contribution in [3.05, 3.63) is 0 Å². The summed E-state index contributed by atoms with van der Waals surface area (Å²) < 4.78 is 23.6. The largest absolute Gasteiger partial charge is 0.465 e. The van der Waals surface area contributed by atoms with Crippen LogP contribution < -0.4 is 0 Å². The first-order valence-corrected chi connectivity index (χ1v) is 6.10. The van der Waals surface area contributed by atoms with Gasteiger partial charge in [0, 0.05) is 0 Å². The molecule has 0 saturated carbocycles. The van der Waals surface area contributed by atoms with Gasteiger partial charge >= 0.3 is 5.97 Å². The van der Waals surface area contributed by atoms with Gasteiger partial charge in [0.1, 0.15) is 0 Å². The Kier molecular flexibility index (Phi) is 7.70. The van der Waals surface area contributed by atoms with Gasteiger partial charge in [0.25, 0.3) is 0 Å². The van der Waals surface area contributed by atoms with Crippen LogP contribution in [0.2, 0.25) is 0 Å². The van der Waals surface area contributed by atoms with Crippen LogP contribution in [-0.4, -0.2) is 27.1 Å². The molecule has 0 aliphatic rings. The van der Waals surface area contributed by atoms with Gasteiger partial charge in [-0.1, -0.05) is 26.7 Å². The molecule has 0 amide bonds. The van der Waals surface area contributed by atoms with E-state index in [9.17, 15) is 9.00 Å². The Bertz CT molecular complexity index is 189. The average Bonchev–Trinajstić information content (AvgIpc) is 2.16. The van der Waals surface area contributed by atoms with Gasteiger partial charge in [0.2, 0.25) is 0 Å². The second-order valence-corrected chi connectivity index (χ2v) is 4.19. The van der Waals surface area contributed by atoms with E-state index in [1.54, 1.807) is 0 Å². The fraction of sp³-hybridized carbons (Fsp3) is 0.889. The van der Waals surface area contributed by atoms with Crippen LogP contribution in [0.25, 0.3) is 0 Å². The number of hydrogen-bond donors (Lipinski definition) is 1. The fourth-order valence-electron chi connectivity index (χ4n) is 0.978. The van der Waals surface area contributed by atoms with E-state index in [0.717, 1.165) is 12.8 Å². The highest BCUT2D eigenvalue weighted by Crippen LogP contribution is 2.07. The summed E-state index contributed by atoms with van der Waals surface area (Å²) in [7, 11) is 0. The summed E-state index contributed by atoms with van der Waals surface area (Å²) >= 11 is -1.90. The quantitative estimate of drug-likeness (QED) is 0.524. The Balaban J connectivity index is 3.57. The highest BCUT2D eigenvalue weighted by molar-refractivity contribution is 7.79. The van der Waals surface area contributed by atoms with Gasteiger partial charge in [0.05, 0.1) is 18.8 Å². The van der Waals surface area contributed by atoms with E-state index in [-0.39, 0.29) is 18.1 Å². The number of hydrogen-bond acceptors (Lipinski definition) is 3. The van der Waals surface area contributed by atoms with Crippen molar-refractivity contribution in [1.29, 1.82) is 0 Å². The maximum absolute atomic E-state index is 11.0. The van der Waals surface area contributed by atoms with E-state index < -0.39 is 11.1 Å². The molecule has 0 aromatic heterocycles. The zero-order chi connectivity index (χ0) is 11.0. The van der Waals surface area contributed by atoms with Crippen molar-refractivity contribution < 1.29 is 18.3 Å². The van der Waals surface area contributed by atoms with E-state index in [0.29, 0.717) is 12.5 Å². The van der Waals surface area contributed by atoms with Crippen LogP contribution in [0, 0.1) is 5.92 Å². The molecule has 0 rings (SSSR count). The normalized spacial score (nSPS) is 12.9. The number of carbonyl (C=O) groups excluding carboxylic acids is 1. The Hall–Kier alpha value is -0.420. The van der Waals surface area contributed by atoms with Crippen molar-refractivity contribution in [3.8, 4) is 0 Å². The van der Waals surface area contributed by atoms with E-state index in [1.807, 2.05) is 13.8 Å². The van der Waals surface area contributed by atoms with E-state index >= 15 is 0 Å². The molecule has 0 heterocycles. The molecule has 14 heavy (non-hydrogen) atoms. The minimum absolute atomic E-state index is 0.0171.